The molecule has 17 nitrogen and oxygen atoms in total. The summed E-state index contributed by atoms with van der Waals surface area (Å²) in [4.78, 5) is 17.4. The van der Waals surface area contributed by atoms with Crippen LogP contribution in [0.25, 0.3) is 11.2 Å². The average Bonchev–Trinajstić information content (AvgIpc) is 3.94. The first-order valence-electron chi connectivity index (χ1n) is 21.7. The standard InChI is InChI=1S/C17H24ClN5O4S.C17H27ClN4O4S/c1-4-7-28-16-19-14(18)11-15(20-16)23(22-21-11)9-8-10(25-6-5-24)13-12(9)26-17(2,3)27-13;1-4-7-27-16-21-14(18)11(19)15(22-16)20-9-8-10(24-6-5-23)13-12(9)25-17(2,3)26-13/h9-10,12-13,24H,4-8H2,1-3H3;9-10,12-13,23H,4-8,19H2,1-3H3,(H,20,21,22)/t2*9-,10+,12+,13-/m11/s1/i2*5D2,6D2. The summed E-state index contributed by atoms with van der Waals surface area (Å²) in [6.45, 7) is -1.36. The highest BCUT2D eigenvalue weighted by Crippen LogP contribution is 2.46. The minimum Gasteiger partial charge on any atom is -0.394 e. The van der Waals surface area contributed by atoms with Gasteiger partial charge in [0.05, 0.1) is 61.5 Å². The smallest absolute Gasteiger partial charge is 0.191 e. The SMILES string of the molecule is [2H]C([2H])(O)C([2H])([2H])O[C@H]1C[C@@H](Nc2nc(SCCC)nc(Cl)c2N)[C@@H]2OC(C)(C)O[C@@H]21.[2H]C([2H])(O)C([2H])([2H])O[C@H]1C[C@@H](n2nnc3c(Cl)nc(SCCC)nc32)[C@@H]2OC(C)(C)O[C@@H]21. The summed E-state index contributed by atoms with van der Waals surface area (Å²) in [6, 6.07) is -0.957. The first-order chi connectivity index (χ1) is 29.1. The van der Waals surface area contributed by atoms with Gasteiger partial charge < -0.3 is 49.7 Å². The van der Waals surface area contributed by atoms with E-state index in [0.29, 0.717) is 27.3 Å². The summed E-state index contributed by atoms with van der Waals surface area (Å²) >= 11 is 15.4. The maximum Gasteiger partial charge on any atom is 0.191 e. The molecule has 8 atom stereocenters. The van der Waals surface area contributed by atoms with Crippen LogP contribution >= 0.6 is 46.7 Å². The van der Waals surface area contributed by atoms with Crippen LogP contribution in [0.5, 0.6) is 0 Å². The summed E-state index contributed by atoms with van der Waals surface area (Å²) in [6.07, 6.45) is -2.16. The van der Waals surface area contributed by atoms with Crippen LogP contribution in [0.15, 0.2) is 10.3 Å². The molecule has 2 saturated heterocycles. The number of halogens is 2. The molecule has 2 aliphatic heterocycles. The van der Waals surface area contributed by atoms with Crippen molar-refractivity contribution in [3.8, 4) is 0 Å². The van der Waals surface area contributed by atoms with Gasteiger partial charge in [-0.15, -0.1) is 5.10 Å². The molecule has 0 spiro atoms. The number of nitrogens with zero attached hydrogens (tertiary/aromatic N) is 7. The number of nitrogens with one attached hydrogen (secondary N) is 1. The van der Waals surface area contributed by atoms with Crippen molar-refractivity contribution in [1.29, 1.82) is 0 Å². The molecule has 2 aliphatic carbocycles. The number of rotatable bonds is 15. The normalized spacial score (nSPS) is 32.2. The Labute approximate surface area is 350 Å². The Morgan fingerprint density at radius 1 is 0.836 bits per heavy atom. The third-order valence-electron chi connectivity index (χ3n) is 8.95. The number of thioether (sulfide) groups is 2. The van der Waals surface area contributed by atoms with E-state index in [1.165, 1.54) is 23.5 Å². The second kappa shape index (κ2) is 18.4. The van der Waals surface area contributed by atoms with Crippen LogP contribution in [-0.2, 0) is 28.4 Å². The van der Waals surface area contributed by atoms with Gasteiger partial charge in [-0.2, -0.15) is 0 Å². The van der Waals surface area contributed by atoms with E-state index in [2.05, 4.69) is 35.6 Å². The zero-order chi connectivity index (χ0) is 46.7. The number of aromatic nitrogens is 7. The van der Waals surface area contributed by atoms with Crippen LogP contribution in [-0.4, -0.2) is 137 Å². The molecule has 0 aromatic carbocycles. The van der Waals surface area contributed by atoms with E-state index in [-0.39, 0.29) is 28.8 Å². The Hall–Kier alpha value is -1.88. The number of nitrogens with two attached hydrogens (primary N) is 1. The van der Waals surface area contributed by atoms with Crippen molar-refractivity contribution in [1.82, 2.24) is 34.9 Å². The quantitative estimate of drug-likeness (QED) is 0.0939. The van der Waals surface area contributed by atoms with Crippen molar-refractivity contribution in [3.05, 3.63) is 10.3 Å². The second-order valence-electron chi connectivity index (χ2n) is 13.9. The predicted molar refractivity (Wildman–Crippen MR) is 209 cm³/mol. The molecule has 0 amide bonds. The maximum atomic E-state index is 9.57. The van der Waals surface area contributed by atoms with Crippen molar-refractivity contribution in [3.63, 3.8) is 0 Å². The molecule has 2 saturated carbocycles. The molecule has 306 valence electrons. The van der Waals surface area contributed by atoms with Gasteiger partial charge >= 0.3 is 0 Å². The van der Waals surface area contributed by atoms with Crippen LogP contribution in [0, 0.1) is 0 Å². The molecule has 0 unspecified atom stereocenters. The topological polar surface area (TPSA) is 216 Å². The third kappa shape index (κ3) is 9.88. The highest BCUT2D eigenvalue weighted by molar-refractivity contribution is 7.99. The Morgan fingerprint density at radius 2 is 1.38 bits per heavy atom. The van der Waals surface area contributed by atoms with Gasteiger partial charge in [0.2, 0.25) is 0 Å². The van der Waals surface area contributed by atoms with Crippen LogP contribution in [0.2, 0.25) is 10.3 Å². The van der Waals surface area contributed by atoms with Gasteiger partial charge in [0, 0.05) is 17.9 Å². The molecule has 7 rings (SSSR count). The van der Waals surface area contributed by atoms with Gasteiger partial charge in [-0.1, -0.05) is 65.8 Å². The van der Waals surface area contributed by atoms with Crippen molar-refractivity contribution in [2.75, 3.05) is 48.8 Å². The van der Waals surface area contributed by atoms with E-state index in [1.54, 1.807) is 32.4 Å². The van der Waals surface area contributed by atoms with E-state index in [1.807, 2.05) is 13.8 Å². The summed E-state index contributed by atoms with van der Waals surface area (Å²) in [5, 5.41) is 31.9. The lowest BCUT2D eigenvalue weighted by Crippen LogP contribution is -2.35. The summed E-state index contributed by atoms with van der Waals surface area (Å²) in [7, 11) is 0. The first kappa shape index (κ1) is 33.0. The molecule has 5 N–H and O–H groups in total. The Bertz CT molecular complexity index is 2110. The zero-order valence-corrected chi connectivity index (χ0v) is 34.1. The first-order valence-corrected chi connectivity index (χ1v) is 20.4. The number of aliphatic hydroxyl groups is 2. The molecular weight excluding hydrogens is 797 g/mol. The van der Waals surface area contributed by atoms with Crippen LogP contribution in [0.3, 0.4) is 0 Å². The number of anilines is 2. The molecule has 4 aliphatic rings. The third-order valence-corrected chi connectivity index (χ3v) is 11.6. The number of nitrogen functional groups attached to an aromatic ring is 1. The highest BCUT2D eigenvalue weighted by atomic mass is 35.5. The van der Waals surface area contributed by atoms with E-state index in [4.69, 9.17) is 68.3 Å². The minimum atomic E-state index is -3.21. The fourth-order valence-corrected chi connectivity index (χ4v) is 8.75. The molecule has 21 heteroatoms. The molecule has 3 aromatic heterocycles. The summed E-state index contributed by atoms with van der Waals surface area (Å²) in [5.41, 5.74) is 6.97. The number of ether oxygens (including phenoxy) is 6. The second-order valence-corrected chi connectivity index (χ2v) is 16.8. The molecule has 3 aromatic rings. The van der Waals surface area contributed by atoms with Crippen molar-refractivity contribution < 1.29 is 49.6 Å². The van der Waals surface area contributed by atoms with Crippen molar-refractivity contribution in [2.24, 2.45) is 0 Å². The lowest BCUT2D eigenvalue weighted by atomic mass is 10.2. The number of fused-ring (bicyclic) bond motifs is 3. The molecule has 55 heavy (non-hydrogen) atoms. The predicted octanol–water partition coefficient (Wildman–Crippen LogP) is 4.52. The largest absolute Gasteiger partial charge is 0.394 e. The molecule has 4 fully saturated rings. The Balaban J connectivity index is 0.000000210. The highest BCUT2D eigenvalue weighted by Gasteiger charge is 2.56. The lowest BCUT2D eigenvalue weighted by Gasteiger charge is -2.24. The zero-order valence-electron chi connectivity index (χ0n) is 39.0. The average molecular weight is 857 g/mol. The van der Waals surface area contributed by atoms with E-state index >= 15 is 0 Å². The Kier molecular flexibility index (Phi) is 11.0. The fourth-order valence-electron chi connectivity index (χ4n) is 6.88. The molecule has 0 radical (unpaired) electrons. The molecule has 5 heterocycles. The van der Waals surface area contributed by atoms with Gasteiger partial charge in [0.1, 0.15) is 30.1 Å². The van der Waals surface area contributed by atoms with Gasteiger partial charge in [-0.3, -0.25) is 0 Å². The number of hydrogen-bond donors (Lipinski definition) is 4. The van der Waals surface area contributed by atoms with Crippen LogP contribution in [0.1, 0.15) is 84.2 Å². The summed E-state index contributed by atoms with van der Waals surface area (Å²) < 4.78 is 96.7. The van der Waals surface area contributed by atoms with Gasteiger partial charge in [-0.05, 0) is 47.0 Å². The molecular formula is C34H51Cl2N9O8S2. The lowest BCUT2D eigenvalue weighted by molar-refractivity contribution is -0.171. The van der Waals surface area contributed by atoms with E-state index in [9.17, 15) is 10.2 Å². The van der Waals surface area contributed by atoms with Gasteiger partial charge in [0.15, 0.2) is 49.2 Å². The van der Waals surface area contributed by atoms with Crippen LogP contribution in [0.4, 0.5) is 11.5 Å². The number of hydrogen-bond acceptors (Lipinski definition) is 18. The fraction of sp³-hybridized carbons (Fsp3) is 0.765. The minimum absolute atomic E-state index is 0.118. The van der Waals surface area contributed by atoms with Gasteiger partial charge in [-0.25, -0.2) is 24.6 Å². The monoisotopic (exact) mass is 855 g/mol. The van der Waals surface area contributed by atoms with E-state index < -0.39 is 86.5 Å². The Morgan fingerprint density at radius 3 is 2.00 bits per heavy atom. The van der Waals surface area contributed by atoms with E-state index in [0.717, 1.165) is 24.3 Å². The van der Waals surface area contributed by atoms with Gasteiger partial charge in [0.25, 0.3) is 0 Å². The van der Waals surface area contributed by atoms with Crippen LogP contribution < -0.4 is 11.1 Å². The van der Waals surface area contributed by atoms with Crippen molar-refractivity contribution in [2.45, 2.75) is 138 Å². The van der Waals surface area contributed by atoms with Crippen molar-refractivity contribution >= 4 is 69.4 Å². The molecule has 0 bridgehead atoms. The summed E-state index contributed by atoms with van der Waals surface area (Å²) in [5.74, 6) is 0.00586. The maximum absolute atomic E-state index is 9.57.